The number of hydrogen-bond donors (Lipinski definition) is 2. The fourth-order valence-electron chi connectivity index (χ4n) is 2.93. The van der Waals surface area contributed by atoms with Crippen molar-refractivity contribution in [3.05, 3.63) is 52.0 Å². The van der Waals surface area contributed by atoms with Gasteiger partial charge in [-0.1, -0.05) is 41.6 Å². The maximum atomic E-state index is 12.7. The van der Waals surface area contributed by atoms with Crippen LogP contribution in [0.2, 0.25) is 0 Å². The Morgan fingerprint density at radius 3 is 2.41 bits per heavy atom. The second-order valence-corrected chi connectivity index (χ2v) is 9.87. The van der Waals surface area contributed by atoms with E-state index in [-0.39, 0.29) is 22.8 Å². The van der Waals surface area contributed by atoms with E-state index < -0.39 is 21.7 Å². The second-order valence-electron chi connectivity index (χ2n) is 6.96. The first-order valence-corrected chi connectivity index (χ1v) is 12.5. The van der Waals surface area contributed by atoms with E-state index in [1.54, 1.807) is 25.1 Å². The number of nitrogens with one attached hydrogen (secondary N) is 1. The third-order valence-electron chi connectivity index (χ3n) is 4.79. The van der Waals surface area contributed by atoms with Crippen LogP contribution in [0.3, 0.4) is 0 Å². The topological polar surface area (TPSA) is 95.9 Å². The molecule has 0 unspecified atom stereocenters. The van der Waals surface area contributed by atoms with Crippen molar-refractivity contribution in [3.8, 4) is 17.6 Å². The van der Waals surface area contributed by atoms with Crippen molar-refractivity contribution in [2.24, 2.45) is 0 Å². The van der Waals surface area contributed by atoms with Gasteiger partial charge in [0.2, 0.25) is 0 Å². The van der Waals surface area contributed by atoms with Crippen LogP contribution in [0.15, 0.2) is 45.8 Å². The summed E-state index contributed by atoms with van der Waals surface area (Å²) in [7, 11) is -3.69. The summed E-state index contributed by atoms with van der Waals surface area (Å²) >= 11 is 3.26. The number of benzene rings is 2. The van der Waals surface area contributed by atoms with Gasteiger partial charge in [-0.25, -0.2) is 13.2 Å². The summed E-state index contributed by atoms with van der Waals surface area (Å²) in [4.78, 5) is 13.8. The van der Waals surface area contributed by atoms with Crippen LogP contribution in [0.1, 0.15) is 29.8 Å². The molecular formula is C23H27BrN2O5S. The molecular weight excluding hydrogens is 496 g/mol. The third-order valence-corrected chi connectivity index (χ3v) is 6.76. The Labute approximate surface area is 197 Å². The van der Waals surface area contributed by atoms with Gasteiger partial charge in [-0.15, -0.1) is 0 Å². The molecule has 0 saturated heterocycles. The molecule has 0 saturated carbocycles. The average Bonchev–Trinajstić information content (AvgIpc) is 2.75. The summed E-state index contributed by atoms with van der Waals surface area (Å²) < 4.78 is 31.6. The molecule has 0 aromatic heterocycles. The number of aryl methyl sites for hydroxylation is 1. The summed E-state index contributed by atoms with van der Waals surface area (Å²) in [6, 6.07) is 9.23. The van der Waals surface area contributed by atoms with Gasteiger partial charge < -0.3 is 15.2 Å². The molecule has 32 heavy (non-hydrogen) atoms. The van der Waals surface area contributed by atoms with Gasteiger partial charge in [-0.05, 0) is 62.0 Å². The minimum Gasteiger partial charge on any atom is -0.481 e. The molecule has 9 heteroatoms. The highest BCUT2D eigenvalue weighted by atomic mass is 79.9. The van der Waals surface area contributed by atoms with Crippen LogP contribution >= 0.6 is 15.9 Å². The molecule has 0 fully saturated rings. The molecule has 2 aromatic carbocycles. The van der Waals surface area contributed by atoms with Gasteiger partial charge in [0.1, 0.15) is 18.2 Å². The number of anilines is 1. The molecule has 0 aliphatic heterocycles. The van der Waals surface area contributed by atoms with Crippen molar-refractivity contribution in [3.63, 3.8) is 0 Å². The maximum Gasteiger partial charge on any atom is 0.337 e. The standard InChI is InChI=1S/C23H27BrN2O5S/c1-4-26(5-2)12-6-7-13-31-19-8-10-20(11-9-19)32(29,30)16-25-22-17(3)14-18(24)15-21(22)23(27)28/h8-11,14-15,25H,4-5,12-13,16H2,1-3H3,(H,27,28). The van der Waals surface area contributed by atoms with Gasteiger partial charge in [0.25, 0.3) is 0 Å². The molecule has 0 atom stereocenters. The van der Waals surface area contributed by atoms with E-state index in [0.29, 0.717) is 22.3 Å². The Morgan fingerprint density at radius 1 is 1.16 bits per heavy atom. The number of carboxylic acid groups (broad SMARTS) is 1. The number of hydrogen-bond acceptors (Lipinski definition) is 6. The van der Waals surface area contributed by atoms with Crippen molar-refractivity contribution >= 4 is 37.4 Å². The number of rotatable bonds is 10. The van der Waals surface area contributed by atoms with Crippen LogP contribution in [-0.2, 0) is 9.84 Å². The van der Waals surface area contributed by atoms with Crippen molar-refractivity contribution in [1.29, 1.82) is 0 Å². The highest BCUT2D eigenvalue weighted by molar-refractivity contribution is 9.10. The molecule has 0 radical (unpaired) electrons. The molecule has 172 valence electrons. The number of carboxylic acids is 1. The first-order chi connectivity index (χ1) is 15.2. The predicted molar refractivity (Wildman–Crippen MR) is 129 cm³/mol. The summed E-state index contributed by atoms with van der Waals surface area (Å²) in [6.07, 6.45) is 0. The largest absolute Gasteiger partial charge is 0.481 e. The van der Waals surface area contributed by atoms with Gasteiger partial charge in [0, 0.05) is 4.47 Å². The van der Waals surface area contributed by atoms with Gasteiger partial charge >= 0.3 is 5.97 Å². The van der Waals surface area contributed by atoms with E-state index in [2.05, 4.69) is 51.8 Å². The average molecular weight is 523 g/mol. The van der Waals surface area contributed by atoms with E-state index in [9.17, 15) is 18.3 Å². The number of aromatic carboxylic acids is 1. The molecule has 2 N–H and O–H groups in total. The van der Waals surface area contributed by atoms with Gasteiger partial charge in [-0.2, -0.15) is 0 Å². The van der Waals surface area contributed by atoms with Gasteiger partial charge in [-0.3, -0.25) is 4.90 Å². The van der Waals surface area contributed by atoms with Crippen LogP contribution in [0, 0.1) is 18.8 Å². The zero-order chi connectivity index (χ0) is 23.7. The Morgan fingerprint density at radius 2 is 1.81 bits per heavy atom. The minimum absolute atomic E-state index is 0.00192. The zero-order valence-corrected chi connectivity index (χ0v) is 20.7. The number of nitrogens with zero attached hydrogens (tertiary/aromatic N) is 1. The van der Waals surface area contributed by atoms with Crippen LogP contribution in [0.25, 0.3) is 0 Å². The van der Waals surface area contributed by atoms with Crippen molar-refractivity contribution in [1.82, 2.24) is 4.90 Å². The number of sulfone groups is 1. The van der Waals surface area contributed by atoms with Crippen LogP contribution in [0.5, 0.6) is 5.75 Å². The van der Waals surface area contributed by atoms with Crippen LogP contribution in [0.4, 0.5) is 5.69 Å². The number of ether oxygens (including phenoxy) is 1. The maximum absolute atomic E-state index is 12.7. The first kappa shape index (κ1) is 25.7. The molecule has 0 heterocycles. The molecule has 2 aromatic rings. The Balaban J connectivity index is 2.01. The van der Waals surface area contributed by atoms with E-state index in [4.69, 9.17) is 4.74 Å². The van der Waals surface area contributed by atoms with Gasteiger partial charge in [0.15, 0.2) is 9.84 Å². The number of halogens is 1. The highest BCUT2D eigenvalue weighted by Gasteiger charge is 2.18. The first-order valence-electron chi connectivity index (χ1n) is 10.1. The molecule has 0 amide bonds. The Bertz CT molecular complexity index is 1100. The smallest absolute Gasteiger partial charge is 0.337 e. The minimum atomic E-state index is -3.69. The van der Waals surface area contributed by atoms with E-state index in [1.807, 2.05) is 0 Å². The molecule has 7 nitrogen and oxygen atoms in total. The fourth-order valence-corrected chi connectivity index (χ4v) is 4.55. The predicted octanol–water partition coefficient (Wildman–Crippen LogP) is 4.02. The quantitative estimate of drug-likeness (QED) is 0.454. The fraction of sp³-hybridized carbons (Fsp3) is 0.348. The molecule has 0 spiro atoms. The SMILES string of the molecule is CCN(CC)CC#CCOc1ccc(S(=O)(=O)CNc2c(C)cc(Br)cc2C(=O)O)cc1. The molecule has 0 aliphatic carbocycles. The third kappa shape index (κ3) is 7.26. The summed E-state index contributed by atoms with van der Waals surface area (Å²) in [5.74, 6) is 4.93. The summed E-state index contributed by atoms with van der Waals surface area (Å²) in [5, 5.41) is 12.2. The monoisotopic (exact) mass is 522 g/mol. The lowest BCUT2D eigenvalue weighted by atomic mass is 10.1. The van der Waals surface area contributed by atoms with Crippen molar-refractivity contribution < 1.29 is 23.1 Å². The van der Waals surface area contributed by atoms with Gasteiger partial charge in [0.05, 0.1) is 22.7 Å². The Hall–Kier alpha value is -2.54. The van der Waals surface area contributed by atoms with E-state index in [1.165, 1.54) is 18.2 Å². The van der Waals surface area contributed by atoms with Crippen molar-refractivity contribution in [2.75, 3.05) is 37.4 Å². The van der Waals surface area contributed by atoms with Crippen molar-refractivity contribution in [2.45, 2.75) is 25.7 Å². The second kappa shape index (κ2) is 11.9. The highest BCUT2D eigenvalue weighted by Crippen LogP contribution is 2.27. The Kier molecular flexibility index (Phi) is 9.57. The van der Waals surface area contributed by atoms with E-state index >= 15 is 0 Å². The lowest BCUT2D eigenvalue weighted by Gasteiger charge is -2.14. The molecule has 2 rings (SSSR count). The molecule has 0 aliphatic rings. The lowest BCUT2D eigenvalue weighted by molar-refractivity contribution is 0.0697. The van der Waals surface area contributed by atoms with Crippen LogP contribution < -0.4 is 10.1 Å². The molecule has 0 bridgehead atoms. The zero-order valence-electron chi connectivity index (χ0n) is 18.3. The summed E-state index contributed by atoms with van der Waals surface area (Å²) in [5.41, 5.74) is 0.892. The lowest BCUT2D eigenvalue weighted by Crippen LogP contribution is -2.22. The normalized spacial score (nSPS) is 11.0. The number of carbonyl (C=O) groups is 1. The summed E-state index contributed by atoms with van der Waals surface area (Å²) in [6.45, 7) is 8.66. The van der Waals surface area contributed by atoms with Crippen LogP contribution in [-0.4, -0.2) is 56.5 Å². The van der Waals surface area contributed by atoms with E-state index in [0.717, 1.165) is 13.1 Å².